The molecule has 1 aromatic carbocycles. The molecular formula is C24H21N5OS2. The third kappa shape index (κ3) is 2.99. The van der Waals surface area contributed by atoms with Gasteiger partial charge in [0.05, 0.1) is 17.5 Å². The highest BCUT2D eigenvalue weighted by Crippen LogP contribution is 2.41. The molecular weight excluding hydrogens is 438 g/mol. The number of nitrogens with zero attached hydrogens (tertiary/aromatic N) is 5. The van der Waals surface area contributed by atoms with Crippen LogP contribution in [0.25, 0.3) is 5.00 Å². The van der Waals surface area contributed by atoms with Crippen molar-refractivity contribution >= 4 is 40.1 Å². The number of fused-ring (bicyclic) bond motifs is 6. The Kier molecular flexibility index (Phi) is 4.63. The molecule has 1 atom stereocenters. The first-order valence-corrected chi connectivity index (χ1v) is 12.1. The van der Waals surface area contributed by atoms with Crippen molar-refractivity contribution < 1.29 is 4.79 Å². The first-order valence-electron chi connectivity index (χ1n) is 10.9. The Hall–Kier alpha value is -3.02. The lowest BCUT2D eigenvalue weighted by Crippen LogP contribution is -2.35. The van der Waals surface area contributed by atoms with Gasteiger partial charge >= 0.3 is 0 Å². The Labute approximate surface area is 195 Å². The van der Waals surface area contributed by atoms with Crippen molar-refractivity contribution in [1.82, 2.24) is 19.7 Å². The van der Waals surface area contributed by atoms with E-state index < -0.39 is 0 Å². The molecule has 0 N–H and O–H groups in total. The second kappa shape index (κ2) is 7.54. The Morgan fingerprint density at radius 1 is 1.25 bits per heavy atom. The third-order valence-electron chi connectivity index (χ3n) is 6.45. The number of aromatic nitrogens is 3. The van der Waals surface area contributed by atoms with Crippen molar-refractivity contribution in [1.29, 1.82) is 0 Å². The normalized spacial score (nSPS) is 19.0. The molecule has 0 saturated carbocycles. The number of hydrogen-bond donors (Lipinski definition) is 0. The lowest BCUT2D eigenvalue weighted by atomic mass is 10.0. The fourth-order valence-corrected chi connectivity index (χ4v) is 6.45. The Morgan fingerprint density at radius 3 is 3.03 bits per heavy atom. The molecule has 8 heteroatoms. The molecule has 6 nitrogen and oxygen atoms in total. The van der Waals surface area contributed by atoms with Crippen LogP contribution in [0.15, 0.2) is 30.3 Å². The molecule has 6 rings (SSSR count). The van der Waals surface area contributed by atoms with Gasteiger partial charge in [0.15, 0.2) is 5.82 Å². The largest absolute Gasteiger partial charge is 0.352 e. The maximum absolute atomic E-state index is 12.5. The first-order chi connectivity index (χ1) is 15.6. The van der Waals surface area contributed by atoms with Crippen LogP contribution in [0.2, 0.25) is 0 Å². The van der Waals surface area contributed by atoms with Crippen LogP contribution >= 0.6 is 23.6 Å². The van der Waals surface area contributed by atoms with Crippen LogP contribution in [0, 0.1) is 18.8 Å². The van der Waals surface area contributed by atoms with Crippen molar-refractivity contribution in [3.8, 4) is 16.8 Å². The van der Waals surface area contributed by atoms with Crippen LogP contribution in [0.4, 0.5) is 5.69 Å². The molecule has 3 aromatic rings. The van der Waals surface area contributed by atoms with E-state index in [0.29, 0.717) is 13.0 Å². The molecule has 3 aliphatic heterocycles. The van der Waals surface area contributed by atoms with E-state index in [1.165, 1.54) is 5.56 Å². The van der Waals surface area contributed by atoms with E-state index in [1.54, 1.807) is 16.2 Å². The van der Waals surface area contributed by atoms with Crippen molar-refractivity contribution in [3.05, 3.63) is 58.0 Å². The monoisotopic (exact) mass is 459 g/mol. The summed E-state index contributed by atoms with van der Waals surface area (Å²) in [6.07, 6.45) is 3.48. The highest BCUT2D eigenvalue weighted by atomic mass is 32.1. The zero-order chi connectivity index (χ0) is 21.8. The number of aryl methyl sites for hydroxylation is 2. The maximum atomic E-state index is 12.5. The first kappa shape index (κ1) is 19.6. The maximum Gasteiger partial charge on any atom is 0.228 e. The van der Waals surface area contributed by atoms with E-state index in [-0.39, 0.29) is 11.9 Å². The fraction of sp³-hybridized carbons (Fsp3) is 0.333. The standard InChI is InChI=1S/C24H21N5OS2/c1-15-25-26-22-20-9-5-13-28(20)23(31)18-14-17(32-24(18)29(15)22)7-4-12-27-19-8-3-2-6-16(19)10-11-21(27)30/h2-3,6,8,14,20H,5,9-13H2,1H3/t20-/m0/s1. The average Bonchev–Trinajstić information content (AvgIpc) is 3.51. The summed E-state index contributed by atoms with van der Waals surface area (Å²) >= 11 is 7.52. The summed E-state index contributed by atoms with van der Waals surface area (Å²) in [6.45, 7) is 3.31. The van der Waals surface area contributed by atoms with Gasteiger partial charge in [-0.2, -0.15) is 0 Å². The minimum Gasteiger partial charge on any atom is -0.352 e. The zero-order valence-electron chi connectivity index (χ0n) is 17.7. The molecule has 2 aromatic heterocycles. The molecule has 160 valence electrons. The summed E-state index contributed by atoms with van der Waals surface area (Å²) in [5.74, 6) is 8.49. The van der Waals surface area contributed by atoms with Gasteiger partial charge in [-0.15, -0.1) is 21.5 Å². The van der Waals surface area contributed by atoms with E-state index in [0.717, 1.165) is 63.6 Å². The van der Waals surface area contributed by atoms with Crippen molar-refractivity contribution in [2.45, 2.75) is 38.6 Å². The van der Waals surface area contributed by atoms with Crippen molar-refractivity contribution in [3.63, 3.8) is 0 Å². The van der Waals surface area contributed by atoms with Crippen LogP contribution in [0.1, 0.15) is 53.0 Å². The quantitative estimate of drug-likeness (QED) is 0.409. The fourth-order valence-electron chi connectivity index (χ4n) is 4.92. The summed E-state index contributed by atoms with van der Waals surface area (Å²) in [5.41, 5.74) is 3.21. The Balaban J connectivity index is 1.35. The van der Waals surface area contributed by atoms with E-state index in [9.17, 15) is 4.79 Å². The third-order valence-corrected chi connectivity index (χ3v) is 7.94. The molecule has 3 aliphatic rings. The van der Waals surface area contributed by atoms with Crippen LogP contribution < -0.4 is 4.90 Å². The summed E-state index contributed by atoms with van der Waals surface area (Å²) in [4.78, 5) is 18.4. The van der Waals surface area contributed by atoms with Gasteiger partial charge in [-0.1, -0.05) is 42.3 Å². The number of carbonyl (C=O) groups excluding carboxylic acids is 1. The van der Waals surface area contributed by atoms with Gasteiger partial charge in [-0.05, 0) is 43.9 Å². The van der Waals surface area contributed by atoms with Crippen molar-refractivity contribution in [2.75, 3.05) is 18.0 Å². The lowest BCUT2D eigenvalue weighted by Gasteiger charge is -2.27. The van der Waals surface area contributed by atoms with Crippen molar-refractivity contribution in [2.24, 2.45) is 0 Å². The number of hydrogen-bond acceptors (Lipinski definition) is 5. The number of benzene rings is 1. The van der Waals surface area contributed by atoms with Gasteiger partial charge in [0.1, 0.15) is 15.8 Å². The number of thiocarbonyl (C=S) groups is 1. The van der Waals surface area contributed by atoms with Gasteiger partial charge in [0.25, 0.3) is 0 Å². The molecule has 0 radical (unpaired) electrons. The van der Waals surface area contributed by atoms with E-state index in [4.69, 9.17) is 12.2 Å². The van der Waals surface area contributed by atoms with Crippen LogP contribution in [-0.2, 0) is 11.2 Å². The van der Waals surface area contributed by atoms with Crippen LogP contribution in [-0.4, -0.2) is 43.6 Å². The van der Waals surface area contributed by atoms with Gasteiger partial charge in [-0.3, -0.25) is 9.36 Å². The molecule has 5 heterocycles. The second-order valence-electron chi connectivity index (χ2n) is 8.34. The molecule has 0 aliphatic carbocycles. The minimum absolute atomic E-state index is 0.131. The van der Waals surface area contributed by atoms with Crippen LogP contribution in [0.3, 0.4) is 0 Å². The highest BCUT2D eigenvalue weighted by molar-refractivity contribution is 7.80. The molecule has 1 saturated heterocycles. The summed E-state index contributed by atoms with van der Waals surface area (Å²) < 4.78 is 2.15. The number of thiophene rings is 1. The van der Waals surface area contributed by atoms with E-state index in [2.05, 4.69) is 43.6 Å². The molecule has 1 fully saturated rings. The predicted molar refractivity (Wildman–Crippen MR) is 128 cm³/mol. The number of carbonyl (C=O) groups is 1. The summed E-state index contributed by atoms with van der Waals surface area (Å²) in [6, 6.07) is 10.4. The van der Waals surface area contributed by atoms with Gasteiger partial charge < -0.3 is 9.80 Å². The SMILES string of the molecule is Cc1nnc2n1-c1sc(C#CCN3C(=O)CCc4ccccc43)cc1C(=S)N1CCC[C@@H]21. The van der Waals surface area contributed by atoms with E-state index in [1.807, 2.05) is 25.1 Å². The van der Waals surface area contributed by atoms with Gasteiger partial charge in [0.2, 0.25) is 5.91 Å². The number of anilines is 1. The summed E-state index contributed by atoms with van der Waals surface area (Å²) in [7, 11) is 0. The average molecular weight is 460 g/mol. The van der Waals surface area contributed by atoms with Gasteiger partial charge in [0, 0.05) is 24.2 Å². The van der Waals surface area contributed by atoms with Gasteiger partial charge in [-0.25, -0.2) is 0 Å². The molecule has 0 bridgehead atoms. The smallest absolute Gasteiger partial charge is 0.228 e. The minimum atomic E-state index is 0.131. The Bertz CT molecular complexity index is 1330. The van der Waals surface area contributed by atoms with E-state index >= 15 is 0 Å². The number of rotatable bonds is 1. The summed E-state index contributed by atoms with van der Waals surface area (Å²) in [5, 5.41) is 9.90. The number of amides is 1. The highest BCUT2D eigenvalue weighted by Gasteiger charge is 2.38. The Morgan fingerprint density at radius 2 is 2.12 bits per heavy atom. The second-order valence-corrected chi connectivity index (χ2v) is 9.75. The molecule has 1 amide bonds. The number of para-hydroxylation sites is 1. The van der Waals surface area contributed by atoms with Crippen LogP contribution in [0.5, 0.6) is 0 Å². The topological polar surface area (TPSA) is 54.3 Å². The molecule has 0 spiro atoms. The molecule has 32 heavy (non-hydrogen) atoms. The molecule has 0 unspecified atom stereocenters. The zero-order valence-corrected chi connectivity index (χ0v) is 19.3. The predicted octanol–water partition coefficient (Wildman–Crippen LogP) is 3.79. The lowest BCUT2D eigenvalue weighted by molar-refractivity contribution is -0.118.